The molecular formula is C29H36N2O2S. The van der Waals surface area contributed by atoms with Gasteiger partial charge in [0.1, 0.15) is 0 Å². The van der Waals surface area contributed by atoms with E-state index in [4.69, 9.17) is 0 Å². The fourth-order valence-corrected chi connectivity index (χ4v) is 6.26. The molecule has 0 amide bonds. The smallest absolute Gasteiger partial charge is 0.242 e. The lowest BCUT2D eigenvalue weighted by Crippen LogP contribution is -2.36. The van der Waals surface area contributed by atoms with E-state index < -0.39 is 10.0 Å². The molecule has 0 aromatic heterocycles. The lowest BCUT2D eigenvalue weighted by Gasteiger charge is -2.33. The van der Waals surface area contributed by atoms with Crippen molar-refractivity contribution in [1.82, 2.24) is 9.21 Å². The number of likely N-dealkylation sites (N-methyl/N-ethyl adjacent to an activating group) is 1. The van der Waals surface area contributed by atoms with Gasteiger partial charge in [-0.05, 0) is 80.9 Å². The molecule has 1 atom stereocenters. The van der Waals surface area contributed by atoms with E-state index in [1.165, 1.54) is 33.8 Å². The molecular weight excluding hydrogens is 440 g/mol. The lowest BCUT2D eigenvalue weighted by molar-refractivity contribution is 0.203. The molecule has 0 radical (unpaired) electrons. The largest absolute Gasteiger partial charge is 0.303 e. The standard InChI is InChI=1S/C29H36N2O2S/c1-24-10-9-13-27(22-24)28(23-30(2)34(32,33)29-14-7-4-8-15-29)18-21-31-19-16-26(17-20-31)25-11-5-3-6-12-25/h3-15,22,26,28H,16-21,23H2,1-2H3/t28-/m1/s1. The van der Waals surface area contributed by atoms with Crippen molar-refractivity contribution >= 4 is 10.0 Å². The Hall–Kier alpha value is -2.47. The number of sulfonamides is 1. The summed E-state index contributed by atoms with van der Waals surface area (Å²) in [6.07, 6.45) is 3.30. The molecule has 0 aliphatic carbocycles. The minimum Gasteiger partial charge on any atom is -0.303 e. The van der Waals surface area contributed by atoms with E-state index in [-0.39, 0.29) is 5.92 Å². The van der Waals surface area contributed by atoms with E-state index in [0.717, 1.165) is 26.1 Å². The average Bonchev–Trinajstić information content (AvgIpc) is 2.87. The van der Waals surface area contributed by atoms with Gasteiger partial charge in [0.15, 0.2) is 0 Å². The highest BCUT2D eigenvalue weighted by molar-refractivity contribution is 7.89. The van der Waals surface area contributed by atoms with Crippen molar-refractivity contribution in [3.8, 4) is 0 Å². The van der Waals surface area contributed by atoms with Crippen LogP contribution in [0.5, 0.6) is 0 Å². The monoisotopic (exact) mass is 476 g/mol. The molecule has 1 heterocycles. The second-order valence-electron chi connectivity index (χ2n) is 9.52. The van der Waals surface area contributed by atoms with Crippen molar-refractivity contribution < 1.29 is 8.42 Å². The number of aryl methyl sites for hydroxylation is 1. The Morgan fingerprint density at radius 1 is 0.912 bits per heavy atom. The molecule has 180 valence electrons. The molecule has 0 saturated carbocycles. The van der Waals surface area contributed by atoms with Crippen molar-refractivity contribution in [3.63, 3.8) is 0 Å². The zero-order chi connectivity index (χ0) is 24.0. The zero-order valence-electron chi connectivity index (χ0n) is 20.3. The summed E-state index contributed by atoms with van der Waals surface area (Å²) in [6.45, 7) is 5.75. The molecule has 5 heteroatoms. The van der Waals surface area contributed by atoms with E-state index in [2.05, 4.69) is 66.4 Å². The van der Waals surface area contributed by atoms with Crippen molar-refractivity contribution in [3.05, 3.63) is 102 Å². The fourth-order valence-electron chi connectivity index (χ4n) is 5.02. The maximum Gasteiger partial charge on any atom is 0.242 e. The quantitative estimate of drug-likeness (QED) is 0.400. The van der Waals surface area contributed by atoms with Crippen molar-refractivity contribution in [1.29, 1.82) is 0 Å². The molecule has 0 bridgehead atoms. The number of nitrogens with zero attached hydrogens (tertiary/aromatic N) is 2. The van der Waals surface area contributed by atoms with Gasteiger partial charge in [-0.15, -0.1) is 0 Å². The lowest BCUT2D eigenvalue weighted by atomic mass is 9.89. The minimum atomic E-state index is -3.51. The fraction of sp³-hybridized carbons (Fsp3) is 0.379. The molecule has 0 spiro atoms. The van der Waals surface area contributed by atoms with Crippen LogP contribution in [0.1, 0.15) is 47.8 Å². The number of hydrogen-bond donors (Lipinski definition) is 0. The van der Waals surface area contributed by atoms with Crippen LogP contribution in [0.3, 0.4) is 0 Å². The first-order chi connectivity index (χ1) is 16.4. The number of rotatable bonds is 9. The molecule has 34 heavy (non-hydrogen) atoms. The third kappa shape index (κ3) is 6.15. The topological polar surface area (TPSA) is 40.6 Å². The van der Waals surface area contributed by atoms with E-state index >= 15 is 0 Å². The van der Waals surface area contributed by atoms with E-state index in [1.807, 2.05) is 6.07 Å². The second-order valence-corrected chi connectivity index (χ2v) is 11.6. The second kappa shape index (κ2) is 11.3. The third-order valence-electron chi connectivity index (χ3n) is 7.09. The van der Waals surface area contributed by atoms with E-state index in [1.54, 1.807) is 31.3 Å². The van der Waals surface area contributed by atoms with Gasteiger partial charge in [0.25, 0.3) is 0 Å². The minimum absolute atomic E-state index is 0.148. The van der Waals surface area contributed by atoms with Crippen LogP contribution in [0.4, 0.5) is 0 Å². The van der Waals surface area contributed by atoms with Gasteiger partial charge in [0.2, 0.25) is 10.0 Å². The van der Waals surface area contributed by atoms with Crippen LogP contribution in [-0.4, -0.2) is 50.8 Å². The highest BCUT2D eigenvalue weighted by Crippen LogP contribution is 2.30. The van der Waals surface area contributed by atoms with Crippen LogP contribution >= 0.6 is 0 Å². The summed E-state index contributed by atoms with van der Waals surface area (Å²) >= 11 is 0. The summed E-state index contributed by atoms with van der Waals surface area (Å²) in [5.74, 6) is 0.794. The highest BCUT2D eigenvalue weighted by Gasteiger charge is 2.26. The SMILES string of the molecule is Cc1cccc([C@H](CCN2CCC(c3ccccc3)CC2)CN(C)S(=O)(=O)c2ccccc2)c1. The number of hydrogen-bond acceptors (Lipinski definition) is 3. The Morgan fingerprint density at radius 3 is 2.21 bits per heavy atom. The normalized spacial score (nSPS) is 16.6. The van der Waals surface area contributed by atoms with Gasteiger partial charge in [-0.25, -0.2) is 12.7 Å². The summed E-state index contributed by atoms with van der Waals surface area (Å²) in [7, 11) is -1.81. The van der Waals surface area contributed by atoms with Crippen LogP contribution in [0, 0.1) is 6.92 Å². The van der Waals surface area contributed by atoms with Crippen LogP contribution in [0.25, 0.3) is 0 Å². The van der Waals surface area contributed by atoms with Crippen molar-refractivity contribution in [2.75, 3.05) is 33.2 Å². The molecule has 3 aromatic carbocycles. The Morgan fingerprint density at radius 2 is 1.56 bits per heavy atom. The Bertz CT molecular complexity index is 1140. The Kier molecular flexibility index (Phi) is 8.19. The van der Waals surface area contributed by atoms with Gasteiger partial charge in [-0.2, -0.15) is 0 Å². The summed E-state index contributed by atoms with van der Waals surface area (Å²) in [4.78, 5) is 2.90. The van der Waals surface area contributed by atoms with Gasteiger partial charge in [-0.1, -0.05) is 78.4 Å². The number of piperidine rings is 1. The molecule has 0 N–H and O–H groups in total. The van der Waals surface area contributed by atoms with E-state index in [9.17, 15) is 8.42 Å². The first-order valence-corrected chi connectivity index (χ1v) is 13.7. The van der Waals surface area contributed by atoms with Gasteiger partial charge in [0, 0.05) is 13.6 Å². The van der Waals surface area contributed by atoms with Crippen LogP contribution in [0.15, 0.2) is 89.8 Å². The van der Waals surface area contributed by atoms with Crippen LogP contribution in [0.2, 0.25) is 0 Å². The van der Waals surface area contributed by atoms with Crippen LogP contribution < -0.4 is 0 Å². The molecule has 1 aliphatic rings. The molecule has 3 aromatic rings. The first-order valence-electron chi connectivity index (χ1n) is 12.3. The average molecular weight is 477 g/mol. The zero-order valence-corrected chi connectivity index (χ0v) is 21.1. The summed E-state index contributed by atoms with van der Waals surface area (Å²) < 4.78 is 27.8. The van der Waals surface area contributed by atoms with E-state index in [0.29, 0.717) is 17.4 Å². The molecule has 1 saturated heterocycles. The van der Waals surface area contributed by atoms with Gasteiger partial charge in [0.05, 0.1) is 4.90 Å². The van der Waals surface area contributed by atoms with Crippen LogP contribution in [-0.2, 0) is 10.0 Å². The molecule has 0 unspecified atom stereocenters. The first kappa shape index (κ1) is 24.6. The third-order valence-corrected chi connectivity index (χ3v) is 8.93. The molecule has 4 rings (SSSR count). The molecule has 1 aliphatic heterocycles. The summed E-state index contributed by atoms with van der Waals surface area (Å²) in [6, 6.07) is 28.1. The number of benzene rings is 3. The van der Waals surface area contributed by atoms with Gasteiger partial charge < -0.3 is 4.90 Å². The number of likely N-dealkylation sites (tertiary alicyclic amines) is 1. The summed E-state index contributed by atoms with van der Waals surface area (Å²) in [5, 5.41) is 0. The maximum absolute atomic E-state index is 13.2. The molecule has 4 nitrogen and oxygen atoms in total. The van der Waals surface area contributed by atoms with Gasteiger partial charge in [-0.3, -0.25) is 0 Å². The van der Waals surface area contributed by atoms with Crippen molar-refractivity contribution in [2.24, 2.45) is 0 Å². The predicted octanol–water partition coefficient (Wildman–Crippen LogP) is 5.67. The van der Waals surface area contributed by atoms with Crippen molar-refractivity contribution in [2.45, 2.75) is 42.9 Å². The maximum atomic E-state index is 13.2. The Labute approximate surface area is 205 Å². The predicted molar refractivity (Wildman–Crippen MR) is 140 cm³/mol. The Balaban J connectivity index is 1.42. The highest BCUT2D eigenvalue weighted by atomic mass is 32.2. The summed E-state index contributed by atoms with van der Waals surface area (Å²) in [5.41, 5.74) is 3.88. The van der Waals surface area contributed by atoms with Gasteiger partial charge >= 0.3 is 0 Å². The molecule has 1 fully saturated rings.